The molecule has 6 N–H and O–H groups in total. The van der Waals surface area contributed by atoms with Crippen LogP contribution in [0.2, 0.25) is 5.02 Å². The molecule has 0 saturated heterocycles. The van der Waals surface area contributed by atoms with Crippen molar-refractivity contribution in [3.05, 3.63) is 47.1 Å². The van der Waals surface area contributed by atoms with Crippen LogP contribution in [0.4, 0.5) is 0 Å². The van der Waals surface area contributed by atoms with E-state index in [-0.39, 0.29) is 5.96 Å². The number of aromatic nitrogens is 2. The van der Waals surface area contributed by atoms with Crippen LogP contribution in [-0.4, -0.2) is 16.2 Å². The zero-order valence-corrected chi connectivity index (χ0v) is 11.1. The van der Waals surface area contributed by atoms with Crippen LogP contribution in [0.25, 0.3) is 11.3 Å². The van der Waals surface area contributed by atoms with Gasteiger partial charge in [0.15, 0.2) is 0 Å². The van der Waals surface area contributed by atoms with Crippen LogP contribution in [0, 0.1) is 0 Å². The van der Waals surface area contributed by atoms with Crippen LogP contribution >= 0.6 is 11.6 Å². The molecule has 0 fully saturated rings. The van der Waals surface area contributed by atoms with Gasteiger partial charge < -0.3 is 5.73 Å². The number of nitrogens with two attached hydrogens (primary N) is 2. The number of hydrazine groups is 1. The molecule has 8 heteroatoms. The van der Waals surface area contributed by atoms with Crippen molar-refractivity contribution in [1.82, 2.24) is 21.0 Å². The SMILES string of the molecule is NC1=NC(N)(c2ccc(-c3cccnn3)c(Cl)c2)NN1. The summed E-state index contributed by atoms with van der Waals surface area (Å²) in [5.41, 5.74) is 19.3. The average molecular weight is 290 g/mol. The third-order valence-corrected chi connectivity index (χ3v) is 3.25. The molecule has 0 saturated carbocycles. The van der Waals surface area contributed by atoms with Crippen molar-refractivity contribution >= 4 is 17.6 Å². The topological polar surface area (TPSA) is 114 Å². The molecule has 0 amide bonds. The lowest BCUT2D eigenvalue weighted by Gasteiger charge is -2.21. The average Bonchev–Trinajstić information content (AvgIpc) is 2.80. The van der Waals surface area contributed by atoms with Gasteiger partial charge in [0.25, 0.3) is 0 Å². The fourth-order valence-electron chi connectivity index (χ4n) is 1.95. The van der Waals surface area contributed by atoms with Gasteiger partial charge in [0, 0.05) is 17.3 Å². The number of rotatable bonds is 2. The van der Waals surface area contributed by atoms with Crippen molar-refractivity contribution in [2.75, 3.05) is 0 Å². The molecule has 3 rings (SSSR count). The van der Waals surface area contributed by atoms with E-state index in [1.807, 2.05) is 18.2 Å². The van der Waals surface area contributed by atoms with E-state index in [4.69, 9.17) is 23.1 Å². The van der Waals surface area contributed by atoms with Gasteiger partial charge in [-0.2, -0.15) is 15.6 Å². The first-order valence-corrected chi connectivity index (χ1v) is 6.22. The van der Waals surface area contributed by atoms with E-state index < -0.39 is 5.79 Å². The minimum absolute atomic E-state index is 0.224. The first kappa shape index (κ1) is 12.8. The van der Waals surface area contributed by atoms with Gasteiger partial charge in [-0.05, 0) is 18.2 Å². The summed E-state index contributed by atoms with van der Waals surface area (Å²) in [5, 5.41) is 8.37. The summed E-state index contributed by atoms with van der Waals surface area (Å²) in [6.45, 7) is 0. The van der Waals surface area contributed by atoms with Gasteiger partial charge in [-0.15, -0.1) is 0 Å². The van der Waals surface area contributed by atoms with Gasteiger partial charge >= 0.3 is 0 Å². The molecule has 0 spiro atoms. The van der Waals surface area contributed by atoms with Crippen LogP contribution in [0.1, 0.15) is 5.56 Å². The quantitative estimate of drug-likeness (QED) is 0.632. The summed E-state index contributed by atoms with van der Waals surface area (Å²) in [5.74, 6) is -0.907. The maximum absolute atomic E-state index is 6.29. The smallest absolute Gasteiger partial charge is 0.209 e. The Morgan fingerprint density at radius 2 is 2.10 bits per heavy atom. The second-order valence-corrected chi connectivity index (χ2v) is 4.72. The van der Waals surface area contributed by atoms with E-state index in [9.17, 15) is 0 Å². The van der Waals surface area contributed by atoms with E-state index in [1.165, 1.54) is 0 Å². The second kappa shape index (κ2) is 4.71. The van der Waals surface area contributed by atoms with Crippen molar-refractivity contribution in [2.45, 2.75) is 5.79 Å². The molecule has 1 aliphatic heterocycles. The maximum atomic E-state index is 6.29. The van der Waals surface area contributed by atoms with Crippen molar-refractivity contribution in [3.63, 3.8) is 0 Å². The zero-order valence-electron chi connectivity index (χ0n) is 10.3. The summed E-state index contributed by atoms with van der Waals surface area (Å²) < 4.78 is 0. The highest BCUT2D eigenvalue weighted by Crippen LogP contribution is 2.30. The number of benzene rings is 1. The first-order chi connectivity index (χ1) is 9.58. The van der Waals surface area contributed by atoms with E-state index in [2.05, 4.69) is 26.0 Å². The van der Waals surface area contributed by atoms with Crippen LogP contribution < -0.4 is 22.3 Å². The molecule has 0 radical (unpaired) electrons. The van der Waals surface area contributed by atoms with Crippen LogP contribution in [-0.2, 0) is 5.79 Å². The Bertz CT molecular complexity index is 673. The van der Waals surface area contributed by atoms with Gasteiger partial charge in [0.05, 0.1) is 10.7 Å². The highest BCUT2D eigenvalue weighted by atomic mass is 35.5. The van der Waals surface area contributed by atoms with Crippen molar-refractivity contribution in [2.24, 2.45) is 16.5 Å². The van der Waals surface area contributed by atoms with Crippen LogP contribution in [0.15, 0.2) is 41.5 Å². The number of hydrogen-bond donors (Lipinski definition) is 4. The number of hydrogen-bond acceptors (Lipinski definition) is 7. The molecule has 0 aliphatic carbocycles. The van der Waals surface area contributed by atoms with E-state index in [0.29, 0.717) is 16.3 Å². The Labute approximate surface area is 120 Å². The largest absolute Gasteiger partial charge is 0.369 e. The number of halogens is 1. The van der Waals surface area contributed by atoms with Crippen LogP contribution in [0.5, 0.6) is 0 Å². The maximum Gasteiger partial charge on any atom is 0.209 e. The molecular formula is C12H12ClN7. The molecule has 1 unspecified atom stereocenters. The first-order valence-electron chi connectivity index (χ1n) is 5.84. The zero-order chi connectivity index (χ0) is 14.2. The standard InChI is InChI=1S/C12H12ClN7/c13-9-6-7(12(15)17-11(14)19-20-12)3-4-8(9)10-2-1-5-16-18-10/h1-6,20H,15H2,(H3,14,17,19). The minimum Gasteiger partial charge on any atom is -0.369 e. The summed E-state index contributed by atoms with van der Waals surface area (Å²) in [6, 6.07) is 8.99. The minimum atomic E-state index is -1.13. The van der Waals surface area contributed by atoms with Gasteiger partial charge in [-0.3, -0.25) is 11.2 Å². The molecule has 0 bridgehead atoms. The van der Waals surface area contributed by atoms with Crippen LogP contribution in [0.3, 0.4) is 0 Å². The third-order valence-electron chi connectivity index (χ3n) is 2.94. The predicted molar refractivity (Wildman–Crippen MR) is 76.2 cm³/mol. The predicted octanol–water partition coefficient (Wildman–Crippen LogP) is 0.288. The van der Waals surface area contributed by atoms with E-state index in [1.54, 1.807) is 18.3 Å². The lowest BCUT2D eigenvalue weighted by molar-refractivity contribution is 0.375. The summed E-state index contributed by atoms with van der Waals surface area (Å²) in [4.78, 5) is 4.10. The Balaban J connectivity index is 2.01. The molecule has 1 aromatic heterocycles. The molecule has 102 valence electrons. The molecule has 20 heavy (non-hydrogen) atoms. The van der Waals surface area contributed by atoms with Crippen molar-refractivity contribution in [3.8, 4) is 11.3 Å². The highest BCUT2D eigenvalue weighted by Gasteiger charge is 2.31. The van der Waals surface area contributed by atoms with E-state index in [0.717, 1.165) is 5.56 Å². The fraction of sp³-hybridized carbons (Fsp3) is 0.0833. The molecule has 2 heterocycles. The van der Waals surface area contributed by atoms with Crippen molar-refractivity contribution in [1.29, 1.82) is 0 Å². The normalized spacial score (nSPS) is 21.4. The van der Waals surface area contributed by atoms with Gasteiger partial charge in [-0.1, -0.05) is 23.7 Å². The van der Waals surface area contributed by atoms with Gasteiger partial charge in [0.2, 0.25) is 11.7 Å². The Kier molecular flexibility index (Phi) is 3.01. The fourth-order valence-corrected chi connectivity index (χ4v) is 2.22. The number of aliphatic imine (C=N–C) groups is 1. The monoisotopic (exact) mass is 289 g/mol. The molecule has 7 nitrogen and oxygen atoms in total. The number of nitrogens with zero attached hydrogens (tertiary/aromatic N) is 3. The van der Waals surface area contributed by atoms with Gasteiger partial charge in [0.1, 0.15) is 0 Å². The van der Waals surface area contributed by atoms with Crippen molar-refractivity contribution < 1.29 is 0 Å². The third kappa shape index (κ3) is 2.18. The lowest BCUT2D eigenvalue weighted by Crippen LogP contribution is -2.50. The summed E-state index contributed by atoms with van der Waals surface area (Å²) in [7, 11) is 0. The van der Waals surface area contributed by atoms with Gasteiger partial charge in [-0.25, -0.2) is 4.99 Å². The Morgan fingerprint density at radius 1 is 1.25 bits per heavy atom. The highest BCUT2D eigenvalue weighted by molar-refractivity contribution is 6.33. The molecule has 2 aromatic rings. The van der Waals surface area contributed by atoms with E-state index >= 15 is 0 Å². The molecule has 1 aliphatic rings. The number of guanidine groups is 1. The summed E-state index contributed by atoms with van der Waals surface area (Å²) in [6.07, 6.45) is 1.60. The number of nitrogens with one attached hydrogen (secondary N) is 2. The Morgan fingerprint density at radius 3 is 2.70 bits per heavy atom. The second-order valence-electron chi connectivity index (χ2n) is 4.32. The molecule has 1 atom stereocenters. The molecular weight excluding hydrogens is 278 g/mol. The molecule has 1 aromatic carbocycles. The Hall–Kier alpha value is -2.22. The summed E-state index contributed by atoms with van der Waals surface area (Å²) >= 11 is 6.29. The lowest BCUT2D eigenvalue weighted by atomic mass is 10.0.